The molecule has 0 N–H and O–H groups in total. The highest BCUT2D eigenvalue weighted by Crippen LogP contribution is 2.54. The van der Waals surface area contributed by atoms with Crippen LogP contribution in [0.5, 0.6) is 5.75 Å². The third kappa shape index (κ3) is 4.02. The molecule has 0 fully saturated rings. The lowest BCUT2D eigenvalue weighted by Crippen LogP contribution is -2.59. The van der Waals surface area contributed by atoms with E-state index in [1.54, 1.807) is 0 Å². The molecule has 2 aliphatic rings. The number of para-hydroxylation sites is 1. The molecule has 2 heteroatoms. The van der Waals surface area contributed by atoms with Crippen molar-refractivity contribution in [3.05, 3.63) is 65.2 Å². The Bertz CT molecular complexity index is 928. The molecule has 2 aliphatic heterocycles. The Morgan fingerprint density at radius 2 is 1.58 bits per heavy atom. The molecule has 0 amide bonds. The van der Waals surface area contributed by atoms with Gasteiger partial charge in [0.2, 0.25) is 5.72 Å². The molecule has 0 saturated heterocycles. The summed E-state index contributed by atoms with van der Waals surface area (Å²) >= 11 is 0. The van der Waals surface area contributed by atoms with Gasteiger partial charge in [-0.1, -0.05) is 81.7 Å². The number of hydrogen-bond donors (Lipinski definition) is 0. The van der Waals surface area contributed by atoms with Crippen LogP contribution in [0.2, 0.25) is 0 Å². The van der Waals surface area contributed by atoms with Crippen molar-refractivity contribution in [3.63, 3.8) is 0 Å². The van der Waals surface area contributed by atoms with Crippen molar-refractivity contribution < 1.29 is 4.74 Å². The van der Waals surface area contributed by atoms with Gasteiger partial charge in [0.15, 0.2) is 0 Å². The minimum atomic E-state index is -0.472. The van der Waals surface area contributed by atoms with Gasteiger partial charge in [-0.3, -0.25) is 0 Å². The molecular formula is C29H39NO. The SMILES string of the molecule is CCCCCCCCCCN1c2ccccc2C(C)(C)C12C=Cc1cc(C)ccc1O2. The minimum absolute atomic E-state index is 0.136. The summed E-state index contributed by atoms with van der Waals surface area (Å²) in [7, 11) is 0. The highest BCUT2D eigenvalue weighted by Gasteiger charge is 2.58. The third-order valence-corrected chi connectivity index (χ3v) is 7.32. The molecule has 2 aromatic rings. The first-order valence-electron chi connectivity index (χ1n) is 12.4. The zero-order valence-corrected chi connectivity index (χ0v) is 19.9. The van der Waals surface area contributed by atoms with Gasteiger partial charge >= 0.3 is 0 Å². The Morgan fingerprint density at radius 1 is 0.871 bits per heavy atom. The van der Waals surface area contributed by atoms with Crippen molar-refractivity contribution in [3.8, 4) is 5.75 Å². The van der Waals surface area contributed by atoms with Gasteiger partial charge in [-0.05, 0) is 63.1 Å². The van der Waals surface area contributed by atoms with E-state index in [-0.39, 0.29) is 5.41 Å². The van der Waals surface area contributed by atoms with Gasteiger partial charge in [0.05, 0.1) is 5.41 Å². The van der Waals surface area contributed by atoms with Gasteiger partial charge in [0.25, 0.3) is 0 Å². The van der Waals surface area contributed by atoms with E-state index >= 15 is 0 Å². The number of hydrogen-bond acceptors (Lipinski definition) is 2. The number of aryl methyl sites for hydroxylation is 1. The molecule has 0 saturated carbocycles. The Labute approximate surface area is 189 Å². The lowest BCUT2D eigenvalue weighted by molar-refractivity contribution is 0.0531. The Kier molecular flexibility index (Phi) is 6.46. The smallest absolute Gasteiger partial charge is 0.212 e. The number of unbranched alkanes of at least 4 members (excludes halogenated alkanes) is 7. The second-order valence-corrected chi connectivity index (χ2v) is 9.94. The summed E-state index contributed by atoms with van der Waals surface area (Å²) in [5, 5.41) is 0. The van der Waals surface area contributed by atoms with Gasteiger partial charge in [0, 0.05) is 17.8 Å². The first-order chi connectivity index (χ1) is 15.0. The molecule has 1 spiro atoms. The van der Waals surface area contributed by atoms with Crippen LogP contribution in [0.1, 0.15) is 88.8 Å². The summed E-state index contributed by atoms with van der Waals surface area (Å²) in [5.41, 5.74) is 4.56. The minimum Gasteiger partial charge on any atom is -0.463 e. The maximum Gasteiger partial charge on any atom is 0.212 e. The number of anilines is 1. The molecule has 4 rings (SSSR count). The van der Waals surface area contributed by atoms with Crippen LogP contribution in [-0.2, 0) is 5.41 Å². The fraction of sp³-hybridized carbons (Fsp3) is 0.517. The maximum absolute atomic E-state index is 6.91. The number of rotatable bonds is 9. The topological polar surface area (TPSA) is 12.5 Å². The van der Waals surface area contributed by atoms with Crippen LogP contribution in [-0.4, -0.2) is 12.3 Å². The highest BCUT2D eigenvalue weighted by molar-refractivity contribution is 5.72. The van der Waals surface area contributed by atoms with Crippen LogP contribution in [0.25, 0.3) is 6.08 Å². The summed E-state index contributed by atoms with van der Waals surface area (Å²) in [4.78, 5) is 2.54. The Morgan fingerprint density at radius 3 is 2.35 bits per heavy atom. The molecule has 0 aromatic heterocycles. The van der Waals surface area contributed by atoms with Crippen molar-refractivity contribution in [2.24, 2.45) is 0 Å². The maximum atomic E-state index is 6.91. The lowest BCUT2D eigenvalue weighted by atomic mass is 9.76. The molecule has 2 heterocycles. The second kappa shape index (κ2) is 9.10. The van der Waals surface area contributed by atoms with Crippen LogP contribution in [0.15, 0.2) is 48.5 Å². The summed E-state index contributed by atoms with van der Waals surface area (Å²) in [5.74, 6) is 0.995. The normalized spacial score (nSPS) is 20.6. The van der Waals surface area contributed by atoms with E-state index in [4.69, 9.17) is 4.74 Å². The highest BCUT2D eigenvalue weighted by atomic mass is 16.5. The van der Waals surface area contributed by atoms with Gasteiger partial charge in [-0.2, -0.15) is 0 Å². The third-order valence-electron chi connectivity index (χ3n) is 7.32. The van der Waals surface area contributed by atoms with Crippen LogP contribution < -0.4 is 9.64 Å². The summed E-state index contributed by atoms with van der Waals surface area (Å²) in [6.45, 7) is 10.1. The van der Waals surface area contributed by atoms with E-state index in [1.807, 2.05) is 0 Å². The fourth-order valence-electron chi connectivity index (χ4n) is 5.41. The van der Waals surface area contributed by atoms with E-state index in [1.165, 1.54) is 73.7 Å². The van der Waals surface area contributed by atoms with Crippen molar-refractivity contribution in [1.29, 1.82) is 0 Å². The molecule has 1 atom stereocenters. The first-order valence-corrected chi connectivity index (χ1v) is 12.4. The predicted octanol–water partition coefficient (Wildman–Crippen LogP) is 8.04. The monoisotopic (exact) mass is 417 g/mol. The molecule has 2 nitrogen and oxygen atoms in total. The quantitative estimate of drug-likeness (QED) is 0.383. The van der Waals surface area contributed by atoms with E-state index in [0.717, 1.165) is 12.3 Å². The van der Waals surface area contributed by atoms with Crippen LogP contribution in [0, 0.1) is 6.92 Å². The number of nitrogens with zero attached hydrogens (tertiary/aromatic N) is 1. The molecular weight excluding hydrogens is 378 g/mol. The second-order valence-electron chi connectivity index (χ2n) is 9.94. The van der Waals surface area contributed by atoms with Crippen molar-refractivity contribution in [2.45, 2.75) is 90.2 Å². The van der Waals surface area contributed by atoms with Gasteiger partial charge in [0.1, 0.15) is 5.75 Å². The summed E-state index contributed by atoms with van der Waals surface area (Å²) < 4.78 is 6.91. The zero-order chi connectivity index (χ0) is 21.9. The Balaban J connectivity index is 1.53. The van der Waals surface area contributed by atoms with Crippen molar-refractivity contribution in [1.82, 2.24) is 0 Å². The molecule has 0 radical (unpaired) electrons. The van der Waals surface area contributed by atoms with Crippen molar-refractivity contribution >= 4 is 11.8 Å². The van der Waals surface area contributed by atoms with Crippen LogP contribution in [0.3, 0.4) is 0 Å². The largest absolute Gasteiger partial charge is 0.463 e. The van der Waals surface area contributed by atoms with Gasteiger partial charge < -0.3 is 9.64 Å². The standard InChI is InChI=1S/C29H39NO/c1-5-6-7-8-9-10-11-14-21-30-26-16-13-12-15-25(26)28(3,4)29(30)20-19-24-22-23(2)17-18-27(24)31-29/h12-13,15-20,22H,5-11,14,21H2,1-4H3. The average Bonchev–Trinajstić information content (AvgIpc) is 2.94. The first kappa shape index (κ1) is 22.0. The van der Waals surface area contributed by atoms with Crippen LogP contribution in [0.4, 0.5) is 5.69 Å². The molecule has 2 aromatic carbocycles. The Hall–Kier alpha value is -2.22. The molecule has 1 unspecified atom stereocenters. The van der Waals surface area contributed by atoms with Crippen molar-refractivity contribution in [2.75, 3.05) is 11.4 Å². The predicted molar refractivity (Wildman–Crippen MR) is 133 cm³/mol. The summed E-state index contributed by atoms with van der Waals surface area (Å²) in [6, 6.07) is 15.4. The van der Waals surface area contributed by atoms with E-state index in [0.29, 0.717) is 0 Å². The molecule has 0 aliphatic carbocycles. The number of ether oxygens (including phenoxy) is 1. The number of fused-ring (bicyclic) bond motifs is 2. The number of benzene rings is 2. The van der Waals surface area contributed by atoms with E-state index in [9.17, 15) is 0 Å². The molecule has 31 heavy (non-hydrogen) atoms. The van der Waals surface area contributed by atoms with Gasteiger partial charge in [-0.25, -0.2) is 0 Å². The van der Waals surface area contributed by atoms with E-state index < -0.39 is 5.72 Å². The molecule has 166 valence electrons. The zero-order valence-electron chi connectivity index (χ0n) is 19.9. The van der Waals surface area contributed by atoms with Gasteiger partial charge in [-0.15, -0.1) is 0 Å². The lowest BCUT2D eigenvalue weighted by Gasteiger charge is -2.47. The fourth-order valence-corrected chi connectivity index (χ4v) is 5.41. The van der Waals surface area contributed by atoms with E-state index in [2.05, 4.69) is 87.2 Å². The molecule has 0 bridgehead atoms. The average molecular weight is 418 g/mol. The van der Waals surface area contributed by atoms with Crippen LogP contribution >= 0.6 is 0 Å². The summed E-state index contributed by atoms with van der Waals surface area (Å²) in [6.07, 6.45) is 15.3.